The predicted molar refractivity (Wildman–Crippen MR) is 79.4 cm³/mol. The first-order valence-corrected chi connectivity index (χ1v) is 6.76. The van der Waals surface area contributed by atoms with Crippen LogP contribution in [0.1, 0.15) is 57.8 Å². The predicted octanol–water partition coefficient (Wildman–Crippen LogP) is 3.36. The first-order chi connectivity index (χ1) is 7.29. The van der Waals surface area contributed by atoms with Crippen LogP contribution in [0.15, 0.2) is 0 Å². The summed E-state index contributed by atoms with van der Waals surface area (Å²) in [6.07, 6.45) is 12.4. The van der Waals surface area contributed by atoms with Gasteiger partial charge in [-0.2, -0.15) is 0 Å². The Morgan fingerprint density at radius 1 is 0.824 bits per heavy atom. The maximum Gasteiger partial charge on any atom is 0.0247 e. The van der Waals surface area contributed by atoms with Crippen LogP contribution in [0.4, 0.5) is 0 Å². The lowest BCUT2D eigenvalue weighted by molar-refractivity contribution is 0.0971. The molecule has 2 N–H and O–H groups in total. The number of halogens is 2. The summed E-state index contributed by atoms with van der Waals surface area (Å²) in [5, 5.41) is 0. The first kappa shape index (κ1) is 17.5. The molecule has 2 rings (SSSR count). The van der Waals surface area contributed by atoms with Crippen LogP contribution in [-0.4, -0.2) is 30.1 Å². The van der Waals surface area contributed by atoms with E-state index in [1.54, 1.807) is 0 Å². The van der Waals surface area contributed by atoms with Crippen LogP contribution in [0, 0.1) is 0 Å². The molecule has 17 heavy (non-hydrogen) atoms. The minimum Gasteiger partial charge on any atom is -0.326 e. The van der Waals surface area contributed by atoms with Crippen LogP contribution in [0.2, 0.25) is 0 Å². The van der Waals surface area contributed by atoms with Gasteiger partial charge in [0.2, 0.25) is 0 Å². The molecule has 0 saturated heterocycles. The van der Waals surface area contributed by atoms with Gasteiger partial charge < -0.3 is 5.73 Å². The molecule has 2 aliphatic carbocycles. The van der Waals surface area contributed by atoms with E-state index in [-0.39, 0.29) is 24.8 Å². The maximum absolute atomic E-state index is 6.24. The largest absolute Gasteiger partial charge is 0.326 e. The van der Waals surface area contributed by atoms with Crippen LogP contribution in [0.25, 0.3) is 0 Å². The third kappa shape index (κ3) is 4.59. The number of rotatable bonds is 2. The topological polar surface area (TPSA) is 29.3 Å². The number of nitrogens with two attached hydrogens (primary N) is 1. The lowest BCUT2D eigenvalue weighted by Gasteiger charge is -2.42. The number of hydrogen-bond donors (Lipinski definition) is 1. The summed E-state index contributed by atoms with van der Waals surface area (Å²) in [5.74, 6) is 0. The standard InChI is InChI=1S/C13H26N2.2ClH/c1-15(11-7-3-2-4-8-11)13-10-6-5-9-12(13)14;;/h11-13H,2-10,14H2,1H3;2*1H/t12-,13-;;/m1../s1. The smallest absolute Gasteiger partial charge is 0.0247 e. The Morgan fingerprint density at radius 2 is 1.35 bits per heavy atom. The second-order valence-electron chi connectivity index (χ2n) is 5.47. The summed E-state index contributed by atoms with van der Waals surface area (Å²) in [6.45, 7) is 0. The molecule has 0 spiro atoms. The fourth-order valence-electron chi connectivity index (χ4n) is 3.40. The summed E-state index contributed by atoms with van der Waals surface area (Å²) in [5.41, 5.74) is 6.24. The average Bonchev–Trinajstić information content (AvgIpc) is 2.30. The van der Waals surface area contributed by atoms with Crippen molar-refractivity contribution in [1.82, 2.24) is 4.90 Å². The van der Waals surface area contributed by atoms with Crippen molar-refractivity contribution in [3.63, 3.8) is 0 Å². The van der Waals surface area contributed by atoms with Gasteiger partial charge in [0.25, 0.3) is 0 Å². The van der Waals surface area contributed by atoms with Crippen molar-refractivity contribution >= 4 is 24.8 Å². The zero-order valence-corrected chi connectivity index (χ0v) is 12.6. The molecule has 0 heterocycles. The molecule has 2 nitrogen and oxygen atoms in total. The molecule has 0 unspecified atom stereocenters. The van der Waals surface area contributed by atoms with E-state index in [1.165, 1.54) is 57.8 Å². The monoisotopic (exact) mass is 282 g/mol. The van der Waals surface area contributed by atoms with Gasteiger partial charge >= 0.3 is 0 Å². The van der Waals surface area contributed by atoms with Gasteiger partial charge in [-0.25, -0.2) is 0 Å². The number of hydrogen-bond acceptors (Lipinski definition) is 2. The highest BCUT2D eigenvalue weighted by Gasteiger charge is 2.30. The lowest BCUT2D eigenvalue weighted by atomic mass is 9.86. The molecule has 0 bridgehead atoms. The highest BCUT2D eigenvalue weighted by molar-refractivity contribution is 5.85. The zero-order valence-electron chi connectivity index (χ0n) is 10.9. The molecule has 2 atom stereocenters. The van der Waals surface area contributed by atoms with Gasteiger partial charge in [-0.3, -0.25) is 4.90 Å². The lowest BCUT2D eigenvalue weighted by Crippen LogP contribution is -2.52. The van der Waals surface area contributed by atoms with Crippen molar-refractivity contribution in [1.29, 1.82) is 0 Å². The third-order valence-corrected chi connectivity index (χ3v) is 4.46. The molecule has 0 aromatic rings. The van der Waals surface area contributed by atoms with E-state index in [0.717, 1.165) is 6.04 Å². The van der Waals surface area contributed by atoms with E-state index in [1.807, 2.05) is 0 Å². The highest BCUT2D eigenvalue weighted by atomic mass is 35.5. The molecular formula is C13H28Cl2N2. The summed E-state index contributed by atoms with van der Waals surface area (Å²) < 4.78 is 0. The minimum absolute atomic E-state index is 0. The Kier molecular flexibility index (Phi) is 8.83. The molecule has 2 fully saturated rings. The van der Waals surface area contributed by atoms with E-state index in [2.05, 4.69) is 11.9 Å². The van der Waals surface area contributed by atoms with Crippen molar-refractivity contribution in [2.24, 2.45) is 5.73 Å². The molecule has 0 aromatic carbocycles. The maximum atomic E-state index is 6.24. The van der Waals surface area contributed by atoms with Crippen molar-refractivity contribution in [3.8, 4) is 0 Å². The van der Waals surface area contributed by atoms with Gasteiger partial charge in [-0.05, 0) is 32.7 Å². The normalized spacial score (nSPS) is 30.5. The van der Waals surface area contributed by atoms with E-state index in [9.17, 15) is 0 Å². The highest BCUT2D eigenvalue weighted by Crippen LogP contribution is 2.28. The molecule has 2 saturated carbocycles. The Hall–Kier alpha value is 0.500. The summed E-state index contributed by atoms with van der Waals surface area (Å²) in [7, 11) is 2.31. The quantitative estimate of drug-likeness (QED) is 0.842. The van der Waals surface area contributed by atoms with Gasteiger partial charge in [-0.15, -0.1) is 24.8 Å². The van der Waals surface area contributed by atoms with Crippen LogP contribution >= 0.6 is 24.8 Å². The van der Waals surface area contributed by atoms with Gasteiger partial charge in [0.05, 0.1) is 0 Å². The van der Waals surface area contributed by atoms with Gasteiger partial charge in [0, 0.05) is 18.1 Å². The van der Waals surface area contributed by atoms with E-state index < -0.39 is 0 Å². The Balaban J connectivity index is 0.00000128. The molecule has 0 aromatic heterocycles. The molecular weight excluding hydrogens is 255 g/mol. The summed E-state index contributed by atoms with van der Waals surface area (Å²) in [4.78, 5) is 2.61. The Bertz CT molecular complexity index is 196. The van der Waals surface area contributed by atoms with E-state index >= 15 is 0 Å². The Labute approximate surface area is 119 Å². The van der Waals surface area contributed by atoms with Gasteiger partial charge in [0.15, 0.2) is 0 Å². The summed E-state index contributed by atoms with van der Waals surface area (Å²) >= 11 is 0. The zero-order chi connectivity index (χ0) is 10.7. The van der Waals surface area contributed by atoms with E-state index in [0.29, 0.717) is 12.1 Å². The molecule has 104 valence electrons. The van der Waals surface area contributed by atoms with Crippen LogP contribution in [0.5, 0.6) is 0 Å². The second kappa shape index (κ2) is 8.58. The molecule has 0 aliphatic heterocycles. The van der Waals surface area contributed by atoms with Crippen LogP contribution in [-0.2, 0) is 0 Å². The molecule has 0 radical (unpaired) electrons. The molecule has 4 heteroatoms. The number of nitrogens with zero attached hydrogens (tertiary/aromatic N) is 1. The molecule has 2 aliphatic rings. The molecule has 0 amide bonds. The minimum atomic E-state index is 0. The third-order valence-electron chi connectivity index (χ3n) is 4.46. The fourth-order valence-corrected chi connectivity index (χ4v) is 3.40. The van der Waals surface area contributed by atoms with Crippen LogP contribution in [0.3, 0.4) is 0 Å². The summed E-state index contributed by atoms with van der Waals surface area (Å²) in [6, 6.07) is 1.93. The van der Waals surface area contributed by atoms with Crippen molar-refractivity contribution in [2.75, 3.05) is 7.05 Å². The Morgan fingerprint density at radius 3 is 1.94 bits per heavy atom. The van der Waals surface area contributed by atoms with Gasteiger partial charge in [-0.1, -0.05) is 32.1 Å². The van der Waals surface area contributed by atoms with Crippen LogP contribution < -0.4 is 5.73 Å². The fraction of sp³-hybridized carbons (Fsp3) is 1.00. The van der Waals surface area contributed by atoms with Crippen molar-refractivity contribution in [2.45, 2.75) is 75.9 Å². The second-order valence-corrected chi connectivity index (χ2v) is 5.47. The van der Waals surface area contributed by atoms with Crippen molar-refractivity contribution < 1.29 is 0 Å². The number of likely N-dealkylation sites (N-methyl/N-ethyl adjacent to an activating group) is 1. The van der Waals surface area contributed by atoms with Gasteiger partial charge in [0.1, 0.15) is 0 Å². The van der Waals surface area contributed by atoms with E-state index in [4.69, 9.17) is 5.73 Å². The SMILES string of the molecule is CN(C1CCCCC1)[C@@H]1CCCC[C@H]1N.Cl.Cl. The average molecular weight is 283 g/mol. The first-order valence-electron chi connectivity index (χ1n) is 6.76. The van der Waals surface area contributed by atoms with Crippen molar-refractivity contribution in [3.05, 3.63) is 0 Å².